The molecule has 284 valence electrons. The van der Waals surface area contributed by atoms with E-state index < -0.39 is 20.0 Å². The summed E-state index contributed by atoms with van der Waals surface area (Å²) >= 11 is 0. The number of amides is 1. The van der Waals surface area contributed by atoms with Crippen LogP contribution < -0.4 is 5.32 Å². The summed E-state index contributed by atoms with van der Waals surface area (Å²) in [6, 6.07) is -0.774. The Labute approximate surface area is 296 Å². The molecule has 0 heterocycles. The van der Waals surface area contributed by atoms with E-state index in [1.165, 1.54) is 96.3 Å². The summed E-state index contributed by atoms with van der Waals surface area (Å²) in [6.07, 6.45) is 34.9. The van der Waals surface area contributed by atoms with Crippen molar-refractivity contribution in [1.29, 1.82) is 0 Å². The number of hydrogen-bond acceptors (Lipinski definition) is 5. The van der Waals surface area contributed by atoms with Crippen LogP contribution in [0.25, 0.3) is 0 Å². The third-order valence-electron chi connectivity index (χ3n) is 8.67. The number of hydrogen-bond donors (Lipinski definition) is 3. The average molecular weight is 702 g/mol. The van der Waals surface area contributed by atoms with Gasteiger partial charge in [0.15, 0.2) is 0 Å². The van der Waals surface area contributed by atoms with Crippen molar-refractivity contribution >= 4 is 13.7 Å². The van der Waals surface area contributed by atoms with Gasteiger partial charge in [-0.25, -0.2) is 4.57 Å². The Bertz CT molecular complexity index is 845. The zero-order chi connectivity index (χ0) is 35.8. The first-order chi connectivity index (χ1) is 23.0. The lowest BCUT2D eigenvalue weighted by Crippen LogP contribution is -2.46. The normalized spacial score (nSPS) is 14.9. The van der Waals surface area contributed by atoms with Gasteiger partial charge in [0.25, 0.3) is 0 Å². The molecule has 3 N–H and O–H groups in total. The van der Waals surface area contributed by atoms with E-state index in [1.54, 1.807) is 0 Å². The molecule has 0 aromatic rings. The summed E-state index contributed by atoms with van der Waals surface area (Å²) in [5, 5.41) is 13.8. The zero-order valence-corrected chi connectivity index (χ0v) is 32.9. The number of phosphoric ester groups is 1. The number of unbranched alkanes of at least 4 members (excludes halogenated alkanes) is 18. The standard InChI is InChI=1S/C39H77N2O6P/c1-6-8-10-12-14-16-17-18-19-20-21-22-23-25-27-29-31-33-39(43)40-37(36-47-48(44,45)46-35-34-41(3,4)5)38(42)32-30-28-26-24-15-13-11-9-7-2/h15,18-19,24,37-38,42H,6-14,16-17,20-23,25-36H2,1-5H3,(H-,40,43,44,45)/p+1/b19-18+,24-15+/t37-,38+/m0/s1. The number of phosphoric acid groups is 1. The Morgan fingerprint density at radius 3 is 1.65 bits per heavy atom. The molecule has 0 radical (unpaired) electrons. The molecule has 0 rings (SSSR count). The van der Waals surface area contributed by atoms with E-state index in [1.807, 2.05) is 21.1 Å². The fourth-order valence-corrected chi connectivity index (χ4v) is 6.18. The molecule has 0 saturated carbocycles. The Kier molecular flexibility index (Phi) is 31.2. The highest BCUT2D eigenvalue weighted by molar-refractivity contribution is 7.47. The maximum absolute atomic E-state index is 12.8. The van der Waals surface area contributed by atoms with E-state index in [-0.39, 0.29) is 19.1 Å². The van der Waals surface area contributed by atoms with Crippen LogP contribution in [0.3, 0.4) is 0 Å². The minimum atomic E-state index is -4.31. The first-order valence-electron chi connectivity index (χ1n) is 19.7. The molecule has 1 unspecified atom stereocenters. The molecular formula is C39H78N2O6P+. The van der Waals surface area contributed by atoms with Gasteiger partial charge in [0, 0.05) is 6.42 Å². The Hall–Kier alpha value is -1.02. The largest absolute Gasteiger partial charge is 0.472 e. The first-order valence-corrected chi connectivity index (χ1v) is 21.2. The minimum absolute atomic E-state index is 0.0686. The van der Waals surface area contributed by atoms with Gasteiger partial charge >= 0.3 is 7.82 Å². The molecule has 0 bridgehead atoms. The number of aliphatic hydroxyl groups excluding tert-OH is 1. The molecule has 0 aromatic heterocycles. The summed E-state index contributed by atoms with van der Waals surface area (Å²) in [5.74, 6) is -0.163. The van der Waals surface area contributed by atoms with Crippen LogP contribution >= 0.6 is 7.82 Å². The van der Waals surface area contributed by atoms with Gasteiger partial charge in [0.1, 0.15) is 13.2 Å². The highest BCUT2D eigenvalue weighted by atomic mass is 31.2. The summed E-state index contributed by atoms with van der Waals surface area (Å²) < 4.78 is 23.5. The number of nitrogens with zero attached hydrogens (tertiary/aromatic N) is 1. The highest BCUT2D eigenvalue weighted by Gasteiger charge is 2.28. The average Bonchev–Trinajstić information content (AvgIpc) is 3.02. The smallest absolute Gasteiger partial charge is 0.391 e. The second kappa shape index (κ2) is 31.9. The maximum Gasteiger partial charge on any atom is 0.472 e. The van der Waals surface area contributed by atoms with Gasteiger partial charge in [-0.1, -0.05) is 122 Å². The van der Waals surface area contributed by atoms with Crippen LogP contribution in [0.2, 0.25) is 0 Å². The Balaban J connectivity index is 4.39. The fraction of sp³-hybridized carbons (Fsp3) is 0.872. The number of quaternary nitrogens is 1. The van der Waals surface area contributed by atoms with Crippen molar-refractivity contribution in [3.05, 3.63) is 24.3 Å². The summed E-state index contributed by atoms with van der Waals surface area (Å²) in [5.41, 5.74) is 0. The van der Waals surface area contributed by atoms with E-state index in [2.05, 4.69) is 43.5 Å². The van der Waals surface area contributed by atoms with Gasteiger partial charge < -0.3 is 19.8 Å². The van der Waals surface area contributed by atoms with Crippen molar-refractivity contribution in [3.8, 4) is 0 Å². The summed E-state index contributed by atoms with van der Waals surface area (Å²) in [4.78, 5) is 23.0. The molecule has 0 fully saturated rings. The monoisotopic (exact) mass is 702 g/mol. The van der Waals surface area contributed by atoms with Crippen LogP contribution in [0.4, 0.5) is 0 Å². The number of rotatable bonds is 35. The van der Waals surface area contributed by atoms with Gasteiger partial charge in [0.05, 0.1) is 39.9 Å². The third kappa shape index (κ3) is 33.5. The van der Waals surface area contributed by atoms with Gasteiger partial charge in [-0.05, 0) is 64.2 Å². The molecule has 9 heteroatoms. The Morgan fingerprint density at radius 2 is 1.12 bits per heavy atom. The predicted molar refractivity (Wildman–Crippen MR) is 203 cm³/mol. The van der Waals surface area contributed by atoms with E-state index >= 15 is 0 Å². The van der Waals surface area contributed by atoms with E-state index in [0.29, 0.717) is 23.9 Å². The summed E-state index contributed by atoms with van der Waals surface area (Å²) in [7, 11) is 1.59. The van der Waals surface area contributed by atoms with Crippen LogP contribution in [-0.4, -0.2) is 73.4 Å². The Morgan fingerprint density at radius 1 is 0.688 bits per heavy atom. The molecule has 8 nitrogen and oxygen atoms in total. The lowest BCUT2D eigenvalue weighted by Gasteiger charge is -2.26. The molecule has 0 aliphatic heterocycles. The number of nitrogens with one attached hydrogen (secondary N) is 1. The molecular weight excluding hydrogens is 623 g/mol. The van der Waals surface area contributed by atoms with Crippen molar-refractivity contribution in [3.63, 3.8) is 0 Å². The lowest BCUT2D eigenvalue weighted by molar-refractivity contribution is -0.870. The van der Waals surface area contributed by atoms with Gasteiger partial charge in [-0.15, -0.1) is 0 Å². The number of carbonyl (C=O) groups is 1. The predicted octanol–water partition coefficient (Wildman–Crippen LogP) is 10.2. The fourth-order valence-electron chi connectivity index (χ4n) is 5.44. The van der Waals surface area contributed by atoms with Crippen molar-refractivity contribution in [2.24, 2.45) is 0 Å². The number of carbonyl (C=O) groups excluding carboxylic acids is 1. The van der Waals surface area contributed by atoms with Gasteiger partial charge in [-0.3, -0.25) is 13.8 Å². The minimum Gasteiger partial charge on any atom is -0.391 e. The molecule has 0 aliphatic carbocycles. The van der Waals surface area contributed by atoms with E-state index in [4.69, 9.17) is 9.05 Å². The van der Waals surface area contributed by atoms with E-state index in [0.717, 1.165) is 44.9 Å². The second-order valence-electron chi connectivity index (χ2n) is 14.6. The first kappa shape index (κ1) is 47.0. The lowest BCUT2D eigenvalue weighted by atomic mass is 10.0. The molecule has 0 saturated heterocycles. The zero-order valence-electron chi connectivity index (χ0n) is 32.0. The molecule has 3 atom stereocenters. The van der Waals surface area contributed by atoms with Crippen molar-refractivity contribution in [1.82, 2.24) is 5.32 Å². The van der Waals surface area contributed by atoms with Crippen molar-refractivity contribution < 1.29 is 32.9 Å². The highest BCUT2D eigenvalue weighted by Crippen LogP contribution is 2.43. The molecule has 0 aliphatic rings. The molecule has 0 aromatic carbocycles. The molecule has 1 amide bonds. The quantitative estimate of drug-likeness (QED) is 0.0263. The summed E-state index contributed by atoms with van der Waals surface area (Å²) in [6.45, 7) is 4.79. The number of aliphatic hydroxyl groups is 1. The van der Waals surface area contributed by atoms with Gasteiger partial charge in [0.2, 0.25) is 5.91 Å². The van der Waals surface area contributed by atoms with Crippen molar-refractivity contribution in [2.45, 2.75) is 180 Å². The van der Waals surface area contributed by atoms with Crippen LogP contribution in [0.1, 0.15) is 168 Å². The van der Waals surface area contributed by atoms with Crippen LogP contribution in [0, 0.1) is 0 Å². The SMILES string of the molecule is CCCCC/C=C/CCCC[C@@H](O)[C@H](COP(=O)(O)OCC[N+](C)(C)C)NC(=O)CCCCCCCCC/C=C/CCCCCCCC. The van der Waals surface area contributed by atoms with Crippen molar-refractivity contribution in [2.75, 3.05) is 40.9 Å². The van der Waals surface area contributed by atoms with Gasteiger partial charge in [-0.2, -0.15) is 0 Å². The van der Waals surface area contributed by atoms with Crippen LogP contribution in [0.5, 0.6) is 0 Å². The number of likely N-dealkylation sites (N-methyl/N-ethyl adjacent to an activating group) is 1. The van der Waals surface area contributed by atoms with Crippen LogP contribution in [0.15, 0.2) is 24.3 Å². The van der Waals surface area contributed by atoms with Crippen LogP contribution in [-0.2, 0) is 18.4 Å². The second-order valence-corrected chi connectivity index (χ2v) is 16.1. The molecule has 48 heavy (non-hydrogen) atoms. The third-order valence-corrected chi connectivity index (χ3v) is 9.66. The molecule has 0 spiro atoms. The van der Waals surface area contributed by atoms with E-state index in [9.17, 15) is 19.4 Å². The number of allylic oxidation sites excluding steroid dienone is 4. The maximum atomic E-state index is 12.8. The topological polar surface area (TPSA) is 105 Å².